The minimum atomic E-state index is -0.367. The number of fused-ring (bicyclic) bond motifs is 2. The van der Waals surface area contributed by atoms with Crippen molar-refractivity contribution in [1.29, 1.82) is 0 Å². The lowest BCUT2D eigenvalue weighted by molar-refractivity contribution is 0.0827. The van der Waals surface area contributed by atoms with Gasteiger partial charge in [0.25, 0.3) is 0 Å². The third-order valence-corrected chi connectivity index (χ3v) is 2.78. The van der Waals surface area contributed by atoms with Gasteiger partial charge >= 0.3 is 6.09 Å². The maximum absolute atomic E-state index is 11.4. The molecule has 0 aromatic rings. The van der Waals surface area contributed by atoms with Gasteiger partial charge in [-0.2, -0.15) is 0 Å². The number of ether oxygens (including phenoxy) is 1. The number of alkyl carbamates (subject to hydrolysis) is 1. The molecule has 0 aromatic carbocycles. The Morgan fingerprint density at radius 2 is 1.88 bits per heavy atom. The molecule has 0 heterocycles. The average molecular weight is 220 g/mol. The molecule has 2 aliphatic carbocycles. The number of carbonyl (C=O) groups excluding carboxylic acids is 1. The second-order valence-electron chi connectivity index (χ2n) is 3.88. The fourth-order valence-electron chi connectivity index (χ4n) is 1.98. The van der Waals surface area contributed by atoms with Crippen LogP contribution >= 0.6 is 0 Å². The highest BCUT2D eigenvalue weighted by Gasteiger charge is 2.36. The smallest absolute Gasteiger partial charge is 0.407 e. The number of rotatable bonds is 4. The van der Waals surface area contributed by atoms with E-state index in [1.54, 1.807) is 12.2 Å². The van der Waals surface area contributed by atoms with Gasteiger partial charge in [0.05, 0.1) is 0 Å². The predicted octanol–water partition coefficient (Wildman–Crippen LogP) is 0.968. The van der Waals surface area contributed by atoms with Crippen LogP contribution in [0.3, 0.4) is 0 Å². The molecule has 2 rings (SSSR count). The molecule has 86 valence electrons. The molecule has 4 heteroatoms. The summed E-state index contributed by atoms with van der Waals surface area (Å²) in [5.41, 5.74) is 5.27. The zero-order valence-corrected chi connectivity index (χ0v) is 9.00. The summed E-state index contributed by atoms with van der Waals surface area (Å²) in [4.78, 5) is 11.4. The summed E-state index contributed by atoms with van der Waals surface area (Å²) < 4.78 is 5.34. The summed E-state index contributed by atoms with van der Waals surface area (Å²) in [7, 11) is 0. The molecule has 4 nitrogen and oxygen atoms in total. The van der Waals surface area contributed by atoms with Crippen molar-refractivity contribution >= 4 is 6.09 Å². The first-order valence-corrected chi connectivity index (χ1v) is 5.47. The standard InChI is InChI=1S/C12H16N2O2/c13-7-1-2-8-14-12(15)16-11-9-3-4-10(11)6-5-9/h1-6,9-11H,7-8,13H2,(H,14,15)/b2-1+. The Hall–Kier alpha value is -1.55. The molecule has 0 radical (unpaired) electrons. The topological polar surface area (TPSA) is 64.3 Å². The van der Waals surface area contributed by atoms with Crippen LogP contribution in [-0.4, -0.2) is 25.3 Å². The van der Waals surface area contributed by atoms with Gasteiger partial charge in [0.2, 0.25) is 0 Å². The van der Waals surface area contributed by atoms with Crippen molar-refractivity contribution in [3.05, 3.63) is 36.5 Å². The average Bonchev–Trinajstić information content (AvgIpc) is 2.84. The van der Waals surface area contributed by atoms with Crippen LogP contribution in [0.4, 0.5) is 4.79 Å². The Labute approximate surface area is 94.8 Å². The molecule has 0 unspecified atom stereocenters. The third-order valence-electron chi connectivity index (χ3n) is 2.78. The third kappa shape index (κ3) is 2.33. The molecular formula is C12H16N2O2. The molecule has 0 saturated heterocycles. The van der Waals surface area contributed by atoms with E-state index >= 15 is 0 Å². The van der Waals surface area contributed by atoms with E-state index in [9.17, 15) is 4.79 Å². The summed E-state index contributed by atoms with van der Waals surface area (Å²) in [6.45, 7) is 0.941. The van der Waals surface area contributed by atoms with E-state index in [1.807, 2.05) is 0 Å². The number of hydrogen-bond donors (Lipinski definition) is 2. The van der Waals surface area contributed by atoms with E-state index in [0.717, 1.165) is 0 Å². The Morgan fingerprint density at radius 3 is 2.44 bits per heavy atom. The van der Waals surface area contributed by atoms with Crippen molar-refractivity contribution in [2.75, 3.05) is 13.1 Å². The first kappa shape index (κ1) is 11.0. The molecule has 0 aliphatic heterocycles. The van der Waals surface area contributed by atoms with Crippen LogP contribution in [0.1, 0.15) is 0 Å². The van der Waals surface area contributed by atoms with Gasteiger partial charge in [-0.3, -0.25) is 0 Å². The molecule has 0 saturated carbocycles. The van der Waals surface area contributed by atoms with Crippen molar-refractivity contribution in [2.45, 2.75) is 6.10 Å². The minimum absolute atomic E-state index is 0.0431. The number of carbonyl (C=O) groups is 1. The predicted molar refractivity (Wildman–Crippen MR) is 61.7 cm³/mol. The lowest BCUT2D eigenvalue weighted by Crippen LogP contribution is -2.31. The zero-order chi connectivity index (χ0) is 11.4. The van der Waals surface area contributed by atoms with Crippen molar-refractivity contribution in [2.24, 2.45) is 17.6 Å². The Kier molecular flexibility index (Phi) is 3.41. The van der Waals surface area contributed by atoms with E-state index in [0.29, 0.717) is 13.1 Å². The molecule has 3 N–H and O–H groups in total. The minimum Gasteiger partial charge on any atom is -0.444 e. The monoisotopic (exact) mass is 220 g/mol. The number of nitrogens with one attached hydrogen (secondary N) is 1. The van der Waals surface area contributed by atoms with Crippen LogP contribution in [0, 0.1) is 11.8 Å². The van der Waals surface area contributed by atoms with Crippen molar-refractivity contribution in [1.82, 2.24) is 5.32 Å². The molecule has 2 aliphatic rings. The van der Waals surface area contributed by atoms with Crippen LogP contribution in [0.2, 0.25) is 0 Å². The van der Waals surface area contributed by atoms with Crippen molar-refractivity contribution in [3.8, 4) is 0 Å². The summed E-state index contributed by atoms with van der Waals surface area (Å²) in [5, 5.41) is 2.65. The zero-order valence-electron chi connectivity index (χ0n) is 9.00. The van der Waals surface area contributed by atoms with Crippen LogP contribution in [0.5, 0.6) is 0 Å². The summed E-state index contributed by atoms with van der Waals surface area (Å²) in [6, 6.07) is 0. The van der Waals surface area contributed by atoms with Crippen molar-refractivity contribution in [3.63, 3.8) is 0 Å². The van der Waals surface area contributed by atoms with Gasteiger partial charge in [0.15, 0.2) is 0 Å². The number of amides is 1. The fraction of sp³-hybridized carbons (Fsp3) is 0.417. The highest BCUT2D eigenvalue weighted by atomic mass is 16.6. The van der Waals surface area contributed by atoms with Gasteiger partial charge in [0.1, 0.15) is 6.10 Å². The molecule has 0 aromatic heterocycles. The molecule has 0 spiro atoms. The first-order chi connectivity index (χ1) is 7.81. The summed E-state index contributed by atoms with van der Waals surface area (Å²) in [5.74, 6) is 0.519. The van der Waals surface area contributed by atoms with Crippen LogP contribution in [-0.2, 0) is 4.74 Å². The van der Waals surface area contributed by atoms with Gasteiger partial charge in [0, 0.05) is 24.9 Å². The molecule has 1 amide bonds. The number of hydrogen-bond acceptors (Lipinski definition) is 3. The maximum Gasteiger partial charge on any atom is 0.407 e. The lowest BCUT2D eigenvalue weighted by Gasteiger charge is -2.17. The first-order valence-electron chi connectivity index (χ1n) is 5.47. The van der Waals surface area contributed by atoms with Crippen molar-refractivity contribution < 1.29 is 9.53 Å². The van der Waals surface area contributed by atoms with E-state index < -0.39 is 0 Å². The van der Waals surface area contributed by atoms with Gasteiger partial charge in [-0.25, -0.2) is 4.79 Å². The van der Waals surface area contributed by atoms with Crippen LogP contribution < -0.4 is 11.1 Å². The summed E-state index contributed by atoms with van der Waals surface area (Å²) >= 11 is 0. The number of nitrogens with two attached hydrogens (primary N) is 1. The lowest BCUT2D eigenvalue weighted by atomic mass is 10.1. The maximum atomic E-state index is 11.4. The normalized spacial score (nSPS) is 30.2. The second-order valence-corrected chi connectivity index (χ2v) is 3.88. The SMILES string of the molecule is NC/C=C/CNC(=O)OC1C2C=CC1C=C2. The van der Waals surface area contributed by atoms with Crippen LogP contribution in [0.15, 0.2) is 36.5 Å². The van der Waals surface area contributed by atoms with Gasteiger partial charge < -0.3 is 15.8 Å². The fourth-order valence-corrected chi connectivity index (χ4v) is 1.98. The molecular weight excluding hydrogens is 204 g/mol. The Morgan fingerprint density at radius 1 is 1.25 bits per heavy atom. The molecule has 16 heavy (non-hydrogen) atoms. The largest absolute Gasteiger partial charge is 0.444 e. The molecule has 2 bridgehead atoms. The van der Waals surface area contributed by atoms with Gasteiger partial charge in [-0.05, 0) is 0 Å². The van der Waals surface area contributed by atoms with Crippen LogP contribution in [0.25, 0.3) is 0 Å². The second kappa shape index (κ2) is 4.99. The summed E-state index contributed by atoms with van der Waals surface area (Å²) in [6.07, 6.45) is 11.5. The Bertz CT molecular complexity index is 317. The Balaban J connectivity index is 1.71. The highest BCUT2D eigenvalue weighted by molar-refractivity contribution is 5.68. The van der Waals surface area contributed by atoms with E-state index in [-0.39, 0.29) is 24.0 Å². The molecule has 0 fully saturated rings. The quantitative estimate of drug-likeness (QED) is 0.694. The molecule has 0 atom stereocenters. The van der Waals surface area contributed by atoms with Gasteiger partial charge in [-0.15, -0.1) is 0 Å². The highest BCUT2D eigenvalue weighted by Crippen LogP contribution is 2.35. The van der Waals surface area contributed by atoms with E-state index in [1.165, 1.54) is 0 Å². The van der Waals surface area contributed by atoms with Gasteiger partial charge in [-0.1, -0.05) is 36.5 Å². The van der Waals surface area contributed by atoms with E-state index in [4.69, 9.17) is 10.5 Å². The van der Waals surface area contributed by atoms with E-state index in [2.05, 4.69) is 29.6 Å².